The van der Waals surface area contributed by atoms with Crippen LogP contribution in [0.2, 0.25) is 0 Å². The second-order valence-corrected chi connectivity index (χ2v) is 7.59. The first kappa shape index (κ1) is 18.4. The zero-order valence-corrected chi connectivity index (χ0v) is 16.8. The molecule has 0 aliphatic rings. The third-order valence-corrected chi connectivity index (χ3v) is 5.76. The van der Waals surface area contributed by atoms with Crippen molar-refractivity contribution in [3.63, 3.8) is 0 Å². The largest absolute Gasteiger partial charge is 0.352 e. The van der Waals surface area contributed by atoms with E-state index in [0.29, 0.717) is 6.54 Å². The number of rotatable bonds is 6. The minimum absolute atomic E-state index is 0.0160. The van der Waals surface area contributed by atoms with Crippen molar-refractivity contribution in [2.45, 2.75) is 33.4 Å². The molecule has 0 aliphatic carbocycles. The second kappa shape index (κ2) is 7.94. The van der Waals surface area contributed by atoms with Crippen LogP contribution in [0.15, 0.2) is 54.2 Å². The maximum Gasteiger partial charge on any atom is 0.226 e. The van der Waals surface area contributed by atoms with Gasteiger partial charge in [0.25, 0.3) is 0 Å². The number of carbonyl (C=O) groups excluding carboxylic acids is 1. The molecule has 0 spiro atoms. The molecular weight excluding hydrogens is 368 g/mol. The molecule has 28 heavy (non-hydrogen) atoms. The summed E-state index contributed by atoms with van der Waals surface area (Å²) in [7, 11) is 0. The van der Waals surface area contributed by atoms with Crippen LogP contribution in [-0.2, 0) is 24.3 Å². The van der Waals surface area contributed by atoms with E-state index in [2.05, 4.69) is 47.0 Å². The molecule has 1 aromatic carbocycles. The lowest BCUT2D eigenvalue weighted by atomic mass is 10.1. The summed E-state index contributed by atoms with van der Waals surface area (Å²) >= 11 is 1.57. The number of thiazole rings is 1. The lowest BCUT2D eigenvalue weighted by Crippen LogP contribution is -2.25. The summed E-state index contributed by atoms with van der Waals surface area (Å²) in [6.45, 7) is 5.55. The molecular formula is C22H22N4OS. The number of nitrogens with one attached hydrogen (secondary N) is 1. The van der Waals surface area contributed by atoms with Gasteiger partial charge in [-0.1, -0.05) is 24.3 Å². The van der Waals surface area contributed by atoms with Crippen LogP contribution in [0.5, 0.6) is 0 Å². The van der Waals surface area contributed by atoms with Crippen molar-refractivity contribution in [1.82, 2.24) is 19.9 Å². The van der Waals surface area contributed by atoms with Crippen LogP contribution in [0.25, 0.3) is 21.6 Å². The molecule has 0 bridgehead atoms. The van der Waals surface area contributed by atoms with E-state index in [1.807, 2.05) is 35.8 Å². The van der Waals surface area contributed by atoms with Crippen LogP contribution < -0.4 is 5.32 Å². The molecule has 1 N–H and O–H groups in total. The van der Waals surface area contributed by atoms with Crippen LogP contribution >= 0.6 is 11.3 Å². The molecule has 4 aromatic rings. The summed E-state index contributed by atoms with van der Waals surface area (Å²) in [6.07, 6.45) is 4.19. The Labute approximate surface area is 168 Å². The third-order valence-electron chi connectivity index (χ3n) is 4.84. The van der Waals surface area contributed by atoms with Gasteiger partial charge in [-0.15, -0.1) is 11.3 Å². The van der Waals surface area contributed by atoms with E-state index in [1.165, 1.54) is 5.56 Å². The summed E-state index contributed by atoms with van der Waals surface area (Å²) in [5, 5.41) is 6.97. The van der Waals surface area contributed by atoms with Crippen molar-refractivity contribution in [3.05, 3.63) is 71.0 Å². The van der Waals surface area contributed by atoms with Crippen molar-refractivity contribution in [2.75, 3.05) is 0 Å². The summed E-state index contributed by atoms with van der Waals surface area (Å²) in [5.41, 5.74) is 5.15. The Balaban J connectivity index is 1.48. The van der Waals surface area contributed by atoms with E-state index in [4.69, 9.17) is 4.98 Å². The molecule has 3 aromatic heterocycles. The monoisotopic (exact) mass is 390 g/mol. The van der Waals surface area contributed by atoms with Crippen molar-refractivity contribution in [3.8, 4) is 10.6 Å². The number of carbonyl (C=O) groups is 1. The maximum atomic E-state index is 12.3. The number of amides is 1. The van der Waals surface area contributed by atoms with E-state index in [9.17, 15) is 4.79 Å². The van der Waals surface area contributed by atoms with Gasteiger partial charge in [0.1, 0.15) is 10.7 Å². The minimum atomic E-state index is -0.0160. The van der Waals surface area contributed by atoms with Crippen molar-refractivity contribution >= 4 is 28.3 Å². The quantitative estimate of drug-likeness (QED) is 0.532. The highest BCUT2D eigenvalue weighted by atomic mass is 32.1. The predicted octanol–water partition coefficient (Wildman–Crippen LogP) is 4.35. The average molecular weight is 391 g/mol. The molecule has 0 fully saturated rings. The van der Waals surface area contributed by atoms with Crippen LogP contribution in [0, 0.1) is 6.92 Å². The van der Waals surface area contributed by atoms with Crippen LogP contribution in [0.3, 0.4) is 0 Å². The molecule has 142 valence electrons. The summed E-state index contributed by atoms with van der Waals surface area (Å²) in [4.78, 5) is 21.5. The van der Waals surface area contributed by atoms with Crippen LogP contribution in [-0.4, -0.2) is 20.4 Å². The molecule has 3 heterocycles. The molecule has 0 saturated carbocycles. The highest BCUT2D eigenvalue weighted by Crippen LogP contribution is 2.31. The fourth-order valence-electron chi connectivity index (χ4n) is 3.28. The average Bonchev–Trinajstić information content (AvgIpc) is 3.31. The minimum Gasteiger partial charge on any atom is -0.352 e. The Kier molecular flexibility index (Phi) is 5.21. The fourth-order valence-corrected chi connectivity index (χ4v) is 4.12. The summed E-state index contributed by atoms with van der Waals surface area (Å²) < 4.78 is 2.13. The van der Waals surface area contributed by atoms with E-state index >= 15 is 0 Å². The van der Waals surface area contributed by atoms with Gasteiger partial charge in [0.15, 0.2) is 0 Å². The van der Waals surface area contributed by atoms with Gasteiger partial charge in [0.2, 0.25) is 5.91 Å². The molecule has 5 nitrogen and oxygen atoms in total. The first-order valence-electron chi connectivity index (χ1n) is 9.35. The van der Waals surface area contributed by atoms with Crippen LogP contribution in [0.1, 0.15) is 23.7 Å². The van der Waals surface area contributed by atoms with Gasteiger partial charge in [-0.05, 0) is 37.1 Å². The number of pyridine rings is 1. The normalized spacial score (nSPS) is 11.1. The molecule has 4 rings (SSSR count). The third kappa shape index (κ3) is 3.68. The summed E-state index contributed by atoms with van der Waals surface area (Å²) in [6, 6.07) is 12.1. The van der Waals surface area contributed by atoms with E-state index < -0.39 is 0 Å². The second-order valence-electron chi connectivity index (χ2n) is 6.73. The lowest BCUT2D eigenvalue weighted by Gasteiger charge is -2.07. The van der Waals surface area contributed by atoms with E-state index in [0.717, 1.165) is 39.4 Å². The number of benzene rings is 1. The summed E-state index contributed by atoms with van der Waals surface area (Å²) in [5.74, 6) is -0.0160. The Hall–Kier alpha value is -2.99. The van der Waals surface area contributed by atoms with Gasteiger partial charge in [-0.2, -0.15) is 0 Å². The highest BCUT2D eigenvalue weighted by molar-refractivity contribution is 7.13. The number of hydrogen-bond acceptors (Lipinski definition) is 4. The smallest absolute Gasteiger partial charge is 0.226 e. The molecule has 0 unspecified atom stereocenters. The number of fused-ring (bicyclic) bond motifs is 1. The molecule has 6 heteroatoms. The molecule has 0 radical (unpaired) electrons. The fraction of sp³-hybridized carbons (Fsp3) is 0.227. The molecule has 0 saturated heterocycles. The molecule has 1 amide bonds. The van der Waals surface area contributed by atoms with E-state index in [1.54, 1.807) is 11.3 Å². The topological polar surface area (TPSA) is 59.8 Å². The van der Waals surface area contributed by atoms with Crippen molar-refractivity contribution in [1.29, 1.82) is 0 Å². The lowest BCUT2D eigenvalue weighted by molar-refractivity contribution is -0.120. The van der Waals surface area contributed by atoms with Gasteiger partial charge in [0, 0.05) is 41.8 Å². The van der Waals surface area contributed by atoms with Crippen molar-refractivity contribution < 1.29 is 4.79 Å². The highest BCUT2D eigenvalue weighted by Gasteiger charge is 2.15. The Bertz CT molecular complexity index is 1130. The van der Waals surface area contributed by atoms with Gasteiger partial charge < -0.3 is 9.88 Å². The maximum absolute atomic E-state index is 12.3. The van der Waals surface area contributed by atoms with Gasteiger partial charge in [0.05, 0.1) is 12.1 Å². The Morgan fingerprint density at radius 3 is 2.89 bits per heavy atom. The zero-order chi connectivity index (χ0) is 19.5. The number of nitrogens with zero attached hydrogens (tertiary/aromatic N) is 3. The first-order chi connectivity index (χ1) is 13.7. The van der Waals surface area contributed by atoms with Crippen molar-refractivity contribution in [2.24, 2.45) is 0 Å². The predicted molar refractivity (Wildman–Crippen MR) is 113 cm³/mol. The van der Waals surface area contributed by atoms with Crippen LogP contribution in [0.4, 0.5) is 0 Å². The van der Waals surface area contributed by atoms with Gasteiger partial charge >= 0.3 is 0 Å². The Morgan fingerprint density at radius 1 is 1.21 bits per heavy atom. The number of hydrogen-bond donors (Lipinski definition) is 1. The van der Waals surface area contributed by atoms with E-state index in [-0.39, 0.29) is 12.3 Å². The zero-order valence-electron chi connectivity index (χ0n) is 16.0. The van der Waals surface area contributed by atoms with Gasteiger partial charge in [-0.3, -0.25) is 4.79 Å². The van der Waals surface area contributed by atoms with Gasteiger partial charge in [-0.25, -0.2) is 9.97 Å². The first-order valence-corrected chi connectivity index (χ1v) is 10.2. The molecule has 0 aliphatic heterocycles. The standard InChI is InChI=1S/C22H22N4OS/c1-3-26-13-19(18-9-6-10-23-21(18)26)22-25-17(14-28-22)11-20(27)24-12-16-8-5-4-7-15(16)2/h4-10,13-14H,3,11-12H2,1-2H3,(H,24,27). The Morgan fingerprint density at radius 2 is 2.07 bits per heavy atom. The number of aryl methyl sites for hydroxylation is 2. The SMILES string of the molecule is CCn1cc(-c2nc(CC(=O)NCc3ccccc3C)cs2)c2cccnc21. The molecule has 0 atom stereocenters. The number of aromatic nitrogens is 3.